The van der Waals surface area contributed by atoms with Gasteiger partial charge in [-0.2, -0.15) is 0 Å². The first-order valence-corrected chi connectivity index (χ1v) is 8.93. The molecule has 1 amide bonds. The van der Waals surface area contributed by atoms with Crippen LogP contribution in [0.2, 0.25) is 5.02 Å². The quantitative estimate of drug-likeness (QED) is 0.664. The highest BCUT2D eigenvalue weighted by Crippen LogP contribution is 2.30. The molecule has 0 radical (unpaired) electrons. The number of fused-ring (bicyclic) bond motifs is 1. The van der Waals surface area contributed by atoms with Crippen LogP contribution in [0, 0.1) is 6.92 Å². The van der Waals surface area contributed by atoms with Crippen LogP contribution in [0.15, 0.2) is 30.3 Å². The first kappa shape index (κ1) is 18.3. The number of hydrogen-bond donors (Lipinski definition) is 1. The van der Waals surface area contributed by atoms with Crippen LogP contribution >= 0.6 is 22.9 Å². The number of benzene rings is 1. The molecule has 0 spiro atoms. The number of carbonyl (C=O) groups is 2. The van der Waals surface area contributed by atoms with Crippen molar-refractivity contribution in [1.29, 1.82) is 0 Å². The fourth-order valence-corrected chi connectivity index (χ4v) is 3.85. The monoisotopic (exact) mass is 392 g/mol. The summed E-state index contributed by atoms with van der Waals surface area (Å²) in [7, 11) is 2.83. The van der Waals surface area contributed by atoms with Gasteiger partial charge in [-0.15, -0.1) is 11.3 Å². The van der Waals surface area contributed by atoms with Gasteiger partial charge in [0, 0.05) is 9.90 Å². The van der Waals surface area contributed by atoms with Gasteiger partial charge >= 0.3 is 5.97 Å². The third-order valence-corrected chi connectivity index (χ3v) is 5.07. The number of esters is 1. The third-order valence-electron chi connectivity index (χ3n) is 3.84. The summed E-state index contributed by atoms with van der Waals surface area (Å²) in [6, 6.07) is 8.65. The molecule has 0 aliphatic heterocycles. The van der Waals surface area contributed by atoms with Crippen molar-refractivity contribution in [3.8, 4) is 5.75 Å². The number of anilines is 1. The number of ether oxygens (including phenoxy) is 2. The van der Waals surface area contributed by atoms with Crippen LogP contribution in [0.25, 0.3) is 10.2 Å². The number of methoxy groups -OCH3 is 2. The van der Waals surface area contributed by atoms with E-state index in [9.17, 15) is 9.59 Å². The first-order valence-electron chi connectivity index (χ1n) is 7.74. The molecule has 8 heteroatoms. The van der Waals surface area contributed by atoms with Crippen LogP contribution in [0.4, 0.5) is 5.69 Å². The van der Waals surface area contributed by atoms with Crippen LogP contribution in [0.5, 0.6) is 5.75 Å². The molecule has 136 valence electrons. The molecule has 0 bridgehead atoms. The van der Waals surface area contributed by atoms with Gasteiger partial charge in [-0.05, 0) is 37.3 Å². The van der Waals surface area contributed by atoms with Crippen molar-refractivity contribution in [2.75, 3.05) is 19.5 Å². The van der Waals surface area contributed by atoms with E-state index in [1.54, 1.807) is 40.2 Å². The average molecular weight is 393 g/mol. The predicted molar refractivity (Wildman–Crippen MR) is 103 cm³/mol. The predicted octanol–water partition coefficient (Wildman–Crippen LogP) is 4.10. The Labute approximate surface area is 159 Å². The Morgan fingerprint density at radius 1 is 1.23 bits per heavy atom. The van der Waals surface area contributed by atoms with Gasteiger partial charge in [0.05, 0.1) is 30.1 Å². The lowest BCUT2D eigenvalue weighted by Gasteiger charge is -2.12. The lowest BCUT2D eigenvalue weighted by atomic mass is 10.3. The van der Waals surface area contributed by atoms with E-state index in [-0.39, 0.29) is 12.5 Å². The molecule has 0 aliphatic carbocycles. The zero-order valence-electron chi connectivity index (χ0n) is 14.5. The number of nitrogens with zero attached hydrogens (tertiary/aromatic N) is 1. The number of rotatable bonds is 5. The molecule has 0 unspecified atom stereocenters. The summed E-state index contributed by atoms with van der Waals surface area (Å²) < 4.78 is 12.6. The third kappa shape index (κ3) is 3.54. The number of halogens is 1. The zero-order chi connectivity index (χ0) is 18.8. The van der Waals surface area contributed by atoms with Gasteiger partial charge in [0.2, 0.25) is 5.91 Å². The van der Waals surface area contributed by atoms with E-state index in [0.29, 0.717) is 22.2 Å². The van der Waals surface area contributed by atoms with Gasteiger partial charge < -0.3 is 19.4 Å². The largest absolute Gasteiger partial charge is 0.495 e. The minimum absolute atomic E-state index is 0.0419. The molecule has 0 atom stereocenters. The Morgan fingerprint density at radius 3 is 2.69 bits per heavy atom. The molecule has 0 saturated heterocycles. The Hall–Kier alpha value is -2.51. The van der Waals surface area contributed by atoms with Crippen LogP contribution < -0.4 is 10.1 Å². The van der Waals surface area contributed by atoms with Crippen molar-refractivity contribution in [3.63, 3.8) is 0 Å². The maximum Gasteiger partial charge on any atom is 0.354 e. The van der Waals surface area contributed by atoms with E-state index in [4.69, 9.17) is 21.1 Å². The summed E-state index contributed by atoms with van der Waals surface area (Å²) in [5.74, 6) is -0.295. The second-order valence-corrected chi connectivity index (χ2v) is 7.33. The Kier molecular flexibility index (Phi) is 5.20. The summed E-state index contributed by atoms with van der Waals surface area (Å²) in [6.45, 7) is 1.93. The Balaban J connectivity index is 1.92. The fourth-order valence-electron chi connectivity index (χ4n) is 2.72. The van der Waals surface area contributed by atoms with Crippen LogP contribution in [-0.4, -0.2) is 30.7 Å². The molecule has 3 aromatic rings. The number of carbonyl (C=O) groups excluding carboxylic acids is 2. The summed E-state index contributed by atoms with van der Waals surface area (Å²) in [4.78, 5) is 25.8. The maximum atomic E-state index is 12.6. The van der Waals surface area contributed by atoms with Gasteiger partial charge in [-0.25, -0.2) is 4.79 Å². The summed E-state index contributed by atoms with van der Waals surface area (Å²) in [5.41, 5.74) is 1.62. The van der Waals surface area contributed by atoms with Gasteiger partial charge in [0.25, 0.3) is 0 Å². The summed E-state index contributed by atoms with van der Waals surface area (Å²) in [5, 5.41) is 3.26. The number of aryl methyl sites for hydroxylation is 1. The molecule has 1 aromatic carbocycles. The van der Waals surface area contributed by atoms with E-state index in [1.807, 2.05) is 13.0 Å². The summed E-state index contributed by atoms with van der Waals surface area (Å²) >= 11 is 7.55. The smallest absolute Gasteiger partial charge is 0.354 e. The molecule has 2 aromatic heterocycles. The van der Waals surface area contributed by atoms with Gasteiger partial charge in [-0.3, -0.25) is 4.79 Å². The number of thiophene rings is 1. The van der Waals surface area contributed by atoms with Gasteiger partial charge in [0.1, 0.15) is 18.0 Å². The Morgan fingerprint density at radius 2 is 2.00 bits per heavy atom. The van der Waals surface area contributed by atoms with Crippen molar-refractivity contribution in [2.45, 2.75) is 13.5 Å². The topological polar surface area (TPSA) is 69.6 Å². The molecule has 0 saturated carbocycles. The Bertz CT molecular complexity index is 993. The molecule has 2 heterocycles. The van der Waals surface area contributed by atoms with E-state index < -0.39 is 5.97 Å². The standard InChI is InChI=1S/C18H17ClN2O4S/c1-10-6-13-16(26-10)8-14(18(23)25-3)21(13)9-17(22)20-12-7-11(19)4-5-15(12)24-2/h4-8H,9H2,1-3H3,(H,20,22). The van der Waals surface area contributed by atoms with E-state index in [1.165, 1.54) is 14.2 Å². The average Bonchev–Trinajstić information content (AvgIpc) is 3.11. The number of aromatic nitrogens is 1. The number of nitrogens with one attached hydrogen (secondary N) is 1. The van der Waals surface area contributed by atoms with Crippen molar-refractivity contribution >= 4 is 50.7 Å². The molecular weight excluding hydrogens is 376 g/mol. The lowest BCUT2D eigenvalue weighted by molar-refractivity contribution is -0.116. The SMILES string of the molecule is COC(=O)c1cc2sc(C)cc2n1CC(=O)Nc1cc(Cl)ccc1OC. The van der Waals surface area contributed by atoms with Crippen molar-refractivity contribution in [1.82, 2.24) is 4.57 Å². The van der Waals surface area contributed by atoms with Crippen molar-refractivity contribution < 1.29 is 19.1 Å². The molecule has 3 rings (SSSR count). The zero-order valence-corrected chi connectivity index (χ0v) is 16.0. The molecule has 0 aliphatic rings. The highest BCUT2D eigenvalue weighted by atomic mass is 35.5. The second kappa shape index (κ2) is 7.39. The highest BCUT2D eigenvalue weighted by molar-refractivity contribution is 7.19. The number of hydrogen-bond acceptors (Lipinski definition) is 5. The van der Waals surface area contributed by atoms with Crippen molar-refractivity contribution in [2.24, 2.45) is 0 Å². The van der Waals surface area contributed by atoms with Gasteiger partial charge in [0.15, 0.2) is 0 Å². The normalized spacial score (nSPS) is 10.8. The first-order chi connectivity index (χ1) is 12.4. The molecular formula is C18H17ClN2O4S. The fraction of sp³-hybridized carbons (Fsp3) is 0.222. The van der Waals surface area contributed by atoms with Crippen LogP contribution in [0.1, 0.15) is 15.4 Å². The molecule has 26 heavy (non-hydrogen) atoms. The molecule has 1 N–H and O–H groups in total. The maximum absolute atomic E-state index is 12.6. The second-order valence-electron chi connectivity index (χ2n) is 5.61. The highest BCUT2D eigenvalue weighted by Gasteiger charge is 2.20. The minimum atomic E-state index is -0.487. The van der Waals surface area contributed by atoms with Gasteiger partial charge in [-0.1, -0.05) is 11.6 Å². The van der Waals surface area contributed by atoms with Crippen molar-refractivity contribution in [3.05, 3.63) is 45.9 Å². The van der Waals surface area contributed by atoms with E-state index >= 15 is 0 Å². The lowest BCUT2D eigenvalue weighted by Crippen LogP contribution is -2.22. The minimum Gasteiger partial charge on any atom is -0.495 e. The van der Waals surface area contributed by atoms with E-state index in [2.05, 4.69) is 5.32 Å². The van der Waals surface area contributed by atoms with Crippen LogP contribution in [0.3, 0.4) is 0 Å². The number of amides is 1. The van der Waals surface area contributed by atoms with E-state index in [0.717, 1.165) is 15.1 Å². The molecule has 0 fully saturated rings. The summed E-state index contributed by atoms with van der Waals surface area (Å²) in [6.07, 6.45) is 0. The molecule has 6 nitrogen and oxygen atoms in total. The van der Waals surface area contributed by atoms with Crippen LogP contribution in [-0.2, 0) is 16.1 Å².